The molecule has 2 heterocycles. The summed E-state index contributed by atoms with van der Waals surface area (Å²) < 4.78 is 5.14. The van der Waals surface area contributed by atoms with E-state index >= 15 is 0 Å². The molecule has 2 aromatic heterocycles. The molecule has 0 aliphatic carbocycles. The maximum atomic E-state index is 5.14. The number of rotatable bonds is 8. The summed E-state index contributed by atoms with van der Waals surface area (Å²) in [6.45, 7) is 8.05. The highest BCUT2D eigenvalue weighted by molar-refractivity contribution is 5.66. The number of aromatic nitrogens is 3. The molecule has 26 heavy (non-hydrogen) atoms. The van der Waals surface area contributed by atoms with Crippen LogP contribution in [-0.4, -0.2) is 28.2 Å². The minimum absolute atomic E-state index is 0.642. The van der Waals surface area contributed by atoms with E-state index in [1.165, 1.54) is 0 Å². The quantitative estimate of drug-likeness (QED) is 0.628. The van der Waals surface area contributed by atoms with E-state index < -0.39 is 0 Å². The van der Waals surface area contributed by atoms with Crippen molar-refractivity contribution in [1.82, 2.24) is 15.1 Å². The van der Waals surface area contributed by atoms with Crippen LogP contribution in [0.1, 0.15) is 32.4 Å². The van der Waals surface area contributed by atoms with Gasteiger partial charge in [-0.3, -0.25) is 0 Å². The van der Waals surface area contributed by atoms with Crippen molar-refractivity contribution in [2.24, 2.45) is 0 Å². The van der Waals surface area contributed by atoms with Crippen LogP contribution in [0.5, 0.6) is 0 Å². The fourth-order valence-electron chi connectivity index (χ4n) is 2.80. The fraction of sp³-hybridized carbons (Fsp3) is 0.350. The summed E-state index contributed by atoms with van der Waals surface area (Å²) in [6.07, 6.45) is 2.09. The molecule has 3 aromatic rings. The second-order valence-corrected chi connectivity index (χ2v) is 6.24. The van der Waals surface area contributed by atoms with Gasteiger partial charge in [-0.15, -0.1) is 0 Å². The predicted octanol–water partition coefficient (Wildman–Crippen LogP) is 4.81. The van der Waals surface area contributed by atoms with Crippen molar-refractivity contribution in [2.45, 2.75) is 33.6 Å². The highest BCUT2D eigenvalue weighted by Gasteiger charge is 2.13. The monoisotopic (exact) mass is 351 g/mol. The Morgan fingerprint density at radius 2 is 1.69 bits per heavy atom. The van der Waals surface area contributed by atoms with Gasteiger partial charge in [0.2, 0.25) is 5.95 Å². The minimum atomic E-state index is 0.642. The first-order valence-corrected chi connectivity index (χ1v) is 9.09. The van der Waals surface area contributed by atoms with Crippen molar-refractivity contribution in [2.75, 3.05) is 23.3 Å². The molecule has 0 aliphatic heterocycles. The molecule has 6 nitrogen and oxygen atoms in total. The third-order valence-electron chi connectivity index (χ3n) is 3.94. The topological polar surface area (TPSA) is 67.1 Å². The average Bonchev–Trinajstić information content (AvgIpc) is 3.06. The molecule has 1 N–H and O–H groups in total. The Morgan fingerprint density at radius 1 is 0.962 bits per heavy atom. The van der Waals surface area contributed by atoms with Crippen molar-refractivity contribution >= 4 is 17.6 Å². The van der Waals surface area contributed by atoms with E-state index in [0.717, 1.165) is 48.9 Å². The summed E-state index contributed by atoms with van der Waals surface area (Å²) in [5, 5.41) is 7.23. The normalized spacial score (nSPS) is 10.7. The zero-order valence-electron chi connectivity index (χ0n) is 15.6. The highest BCUT2D eigenvalue weighted by atomic mass is 16.5. The molecule has 0 aliphatic rings. The number of hydrogen-bond donors (Lipinski definition) is 1. The van der Waals surface area contributed by atoms with Gasteiger partial charge in [-0.2, -0.15) is 4.98 Å². The van der Waals surface area contributed by atoms with Gasteiger partial charge in [-0.05, 0) is 19.8 Å². The van der Waals surface area contributed by atoms with Gasteiger partial charge in [0.05, 0.1) is 5.69 Å². The van der Waals surface area contributed by atoms with E-state index in [-0.39, 0.29) is 0 Å². The third-order valence-corrected chi connectivity index (χ3v) is 3.94. The Bertz CT molecular complexity index is 825. The van der Waals surface area contributed by atoms with E-state index in [2.05, 4.69) is 41.4 Å². The molecule has 0 radical (unpaired) electrons. The zero-order chi connectivity index (χ0) is 18.4. The van der Waals surface area contributed by atoms with E-state index in [1.807, 2.05) is 37.3 Å². The first-order valence-electron chi connectivity index (χ1n) is 9.09. The molecular formula is C20H25N5O. The molecule has 0 amide bonds. The lowest BCUT2D eigenvalue weighted by Crippen LogP contribution is -2.27. The summed E-state index contributed by atoms with van der Waals surface area (Å²) in [5.74, 6) is 2.84. The molecule has 1 aromatic carbocycles. The number of aryl methyl sites for hydroxylation is 1. The van der Waals surface area contributed by atoms with Crippen LogP contribution in [-0.2, 0) is 0 Å². The van der Waals surface area contributed by atoms with Crippen LogP contribution in [0.4, 0.5) is 17.6 Å². The van der Waals surface area contributed by atoms with Crippen molar-refractivity contribution in [3.8, 4) is 11.3 Å². The van der Waals surface area contributed by atoms with E-state index in [0.29, 0.717) is 11.6 Å². The lowest BCUT2D eigenvalue weighted by Gasteiger charge is -2.22. The molecule has 0 saturated carbocycles. The van der Waals surface area contributed by atoms with Crippen molar-refractivity contribution in [3.63, 3.8) is 0 Å². The number of hydrogen-bond acceptors (Lipinski definition) is 6. The van der Waals surface area contributed by atoms with Gasteiger partial charge in [0.15, 0.2) is 5.82 Å². The predicted molar refractivity (Wildman–Crippen MR) is 105 cm³/mol. The summed E-state index contributed by atoms with van der Waals surface area (Å²) in [4.78, 5) is 11.8. The molecule has 0 atom stereocenters. The van der Waals surface area contributed by atoms with Gasteiger partial charge in [0.25, 0.3) is 0 Å². The average molecular weight is 351 g/mol. The Hall–Kier alpha value is -2.89. The summed E-state index contributed by atoms with van der Waals surface area (Å²) in [5.41, 5.74) is 1.94. The fourth-order valence-corrected chi connectivity index (χ4v) is 2.80. The van der Waals surface area contributed by atoms with Crippen molar-refractivity contribution in [3.05, 3.63) is 48.2 Å². The van der Waals surface area contributed by atoms with Gasteiger partial charge in [-0.25, -0.2) is 4.98 Å². The number of anilines is 3. The van der Waals surface area contributed by atoms with Gasteiger partial charge in [-0.1, -0.05) is 49.3 Å². The molecule has 0 unspecified atom stereocenters. The lowest BCUT2D eigenvalue weighted by atomic mass is 10.1. The van der Waals surface area contributed by atoms with Crippen molar-refractivity contribution in [1.29, 1.82) is 0 Å². The van der Waals surface area contributed by atoms with Crippen LogP contribution in [0.2, 0.25) is 0 Å². The molecular weight excluding hydrogens is 326 g/mol. The standard InChI is InChI=1S/C20H25N5O/c1-4-11-25(12-5-2)20-21-17(16-9-7-6-8-10-16)14-18(23-20)22-19-13-15(3)26-24-19/h6-10,13-14H,4-5,11-12H2,1-3H3,(H,21,22,23,24). The molecule has 0 fully saturated rings. The van der Waals surface area contributed by atoms with Crippen LogP contribution in [0.25, 0.3) is 11.3 Å². The Kier molecular flexibility index (Phi) is 5.84. The first kappa shape index (κ1) is 17.9. The van der Waals surface area contributed by atoms with Crippen LogP contribution in [0, 0.1) is 6.92 Å². The molecule has 3 rings (SSSR count). The molecule has 0 saturated heterocycles. The van der Waals surface area contributed by atoms with Gasteiger partial charge in [0, 0.05) is 30.8 Å². The third kappa shape index (κ3) is 4.39. The van der Waals surface area contributed by atoms with E-state index in [1.54, 1.807) is 0 Å². The van der Waals surface area contributed by atoms with E-state index in [4.69, 9.17) is 14.5 Å². The lowest BCUT2D eigenvalue weighted by molar-refractivity contribution is 0.400. The number of nitrogens with zero attached hydrogens (tertiary/aromatic N) is 4. The summed E-state index contributed by atoms with van der Waals surface area (Å²) in [7, 11) is 0. The Labute approximate surface area is 154 Å². The largest absolute Gasteiger partial charge is 0.360 e. The van der Waals surface area contributed by atoms with Crippen LogP contribution < -0.4 is 10.2 Å². The Morgan fingerprint density at radius 3 is 2.31 bits per heavy atom. The smallest absolute Gasteiger partial charge is 0.227 e. The maximum Gasteiger partial charge on any atom is 0.227 e. The molecule has 0 spiro atoms. The molecule has 136 valence electrons. The zero-order valence-corrected chi connectivity index (χ0v) is 15.6. The van der Waals surface area contributed by atoms with E-state index in [9.17, 15) is 0 Å². The molecule has 6 heteroatoms. The second-order valence-electron chi connectivity index (χ2n) is 6.24. The summed E-state index contributed by atoms with van der Waals surface area (Å²) in [6, 6.07) is 13.9. The Balaban J connectivity index is 2.00. The number of benzene rings is 1. The second kappa shape index (κ2) is 8.47. The highest BCUT2D eigenvalue weighted by Crippen LogP contribution is 2.25. The van der Waals surface area contributed by atoms with Crippen LogP contribution >= 0.6 is 0 Å². The maximum absolute atomic E-state index is 5.14. The molecule has 0 bridgehead atoms. The van der Waals surface area contributed by atoms with Crippen molar-refractivity contribution < 1.29 is 4.52 Å². The SMILES string of the molecule is CCCN(CCC)c1nc(Nc2cc(C)on2)cc(-c2ccccc2)n1. The van der Waals surface area contributed by atoms with Crippen LogP contribution in [0.15, 0.2) is 47.0 Å². The first-order chi connectivity index (χ1) is 12.7. The number of nitrogens with one attached hydrogen (secondary N) is 1. The van der Waals surface area contributed by atoms with Gasteiger partial charge < -0.3 is 14.7 Å². The summed E-state index contributed by atoms with van der Waals surface area (Å²) >= 11 is 0. The minimum Gasteiger partial charge on any atom is -0.360 e. The van der Waals surface area contributed by atoms with Crippen LogP contribution in [0.3, 0.4) is 0 Å². The van der Waals surface area contributed by atoms with Gasteiger partial charge in [0.1, 0.15) is 11.6 Å². The van der Waals surface area contributed by atoms with Gasteiger partial charge >= 0.3 is 0 Å².